The second kappa shape index (κ2) is 8.63. The second-order valence-corrected chi connectivity index (χ2v) is 7.63. The lowest BCUT2D eigenvalue weighted by molar-refractivity contribution is -0.118. The molecule has 0 atom stereocenters. The average molecular weight is 428 g/mol. The van der Waals surface area contributed by atoms with Crippen molar-refractivity contribution in [2.75, 3.05) is 30.5 Å². The molecule has 1 N–H and O–H groups in total. The van der Waals surface area contributed by atoms with Crippen LogP contribution in [0.15, 0.2) is 72.8 Å². The summed E-state index contributed by atoms with van der Waals surface area (Å²) in [6.07, 6.45) is 0. The van der Waals surface area contributed by atoms with E-state index >= 15 is 0 Å². The number of carbonyl (C=O) groups excluding carboxylic acids is 1. The summed E-state index contributed by atoms with van der Waals surface area (Å²) in [6.45, 7) is 2.38. The van der Waals surface area contributed by atoms with Crippen molar-refractivity contribution in [2.45, 2.75) is 13.1 Å². The van der Waals surface area contributed by atoms with Crippen molar-refractivity contribution in [1.82, 2.24) is 9.55 Å². The van der Waals surface area contributed by atoms with Gasteiger partial charge in [-0.2, -0.15) is 0 Å². The molecule has 1 aliphatic rings. The monoisotopic (exact) mass is 428 g/mol. The summed E-state index contributed by atoms with van der Waals surface area (Å²) in [4.78, 5) is 19.5. The predicted octanol–water partition coefficient (Wildman–Crippen LogP) is 4.08. The third-order valence-corrected chi connectivity index (χ3v) is 5.58. The first kappa shape index (κ1) is 19.9. The van der Waals surface area contributed by atoms with Crippen LogP contribution in [0.5, 0.6) is 11.5 Å². The van der Waals surface area contributed by atoms with Crippen molar-refractivity contribution in [1.29, 1.82) is 0 Å². The first-order valence-corrected chi connectivity index (χ1v) is 10.6. The van der Waals surface area contributed by atoms with E-state index in [2.05, 4.69) is 26.9 Å². The standard InChI is InChI=1S/C25H24N4O3/c1-31-22-11-4-5-12-23(22)32-17-25(30)26-18-7-6-8-19(15-18)28-13-14-29-21-10-3-2-9-20(21)27-24(29)16-28/h2-12,15H,13-14,16-17H2,1H3,(H,26,30). The number of aromatic nitrogens is 2. The maximum absolute atomic E-state index is 12.4. The molecule has 7 heteroatoms. The number of carbonyl (C=O) groups is 1. The van der Waals surface area contributed by atoms with Crippen molar-refractivity contribution in [3.05, 3.63) is 78.6 Å². The molecule has 0 bridgehead atoms. The van der Waals surface area contributed by atoms with E-state index in [-0.39, 0.29) is 12.5 Å². The van der Waals surface area contributed by atoms with Gasteiger partial charge in [-0.25, -0.2) is 4.98 Å². The molecule has 1 amide bonds. The van der Waals surface area contributed by atoms with E-state index in [1.54, 1.807) is 19.2 Å². The van der Waals surface area contributed by atoms with Crippen molar-refractivity contribution < 1.29 is 14.3 Å². The number of amides is 1. The third kappa shape index (κ3) is 3.97. The Morgan fingerprint density at radius 1 is 1.00 bits per heavy atom. The van der Waals surface area contributed by atoms with Gasteiger partial charge in [-0.1, -0.05) is 30.3 Å². The molecule has 0 saturated heterocycles. The number of ether oxygens (including phenoxy) is 2. The fraction of sp³-hybridized carbons (Fsp3) is 0.200. The second-order valence-electron chi connectivity index (χ2n) is 7.63. The van der Waals surface area contributed by atoms with Crippen LogP contribution in [0.25, 0.3) is 11.0 Å². The summed E-state index contributed by atoms with van der Waals surface area (Å²) < 4.78 is 13.2. The molecule has 0 fully saturated rings. The highest BCUT2D eigenvalue weighted by Crippen LogP contribution is 2.27. The van der Waals surface area contributed by atoms with Crippen LogP contribution < -0.4 is 19.7 Å². The summed E-state index contributed by atoms with van der Waals surface area (Å²) >= 11 is 0. The minimum atomic E-state index is -0.228. The maximum Gasteiger partial charge on any atom is 0.262 e. The molecule has 0 spiro atoms. The molecule has 162 valence electrons. The Morgan fingerprint density at radius 3 is 2.69 bits per heavy atom. The Labute approximate surface area is 186 Å². The lowest BCUT2D eigenvalue weighted by atomic mass is 10.2. The normalized spacial score (nSPS) is 13.0. The Kier molecular flexibility index (Phi) is 5.37. The van der Waals surface area contributed by atoms with E-state index in [1.807, 2.05) is 48.5 Å². The van der Waals surface area contributed by atoms with Crippen molar-refractivity contribution in [3.63, 3.8) is 0 Å². The SMILES string of the molecule is COc1ccccc1OCC(=O)Nc1cccc(N2CCn3c(nc4ccccc43)C2)c1. The Bertz CT molecular complexity index is 1270. The molecule has 2 heterocycles. The number of anilines is 2. The fourth-order valence-corrected chi connectivity index (χ4v) is 4.05. The third-order valence-electron chi connectivity index (χ3n) is 5.58. The van der Waals surface area contributed by atoms with Gasteiger partial charge in [0.1, 0.15) is 5.82 Å². The number of para-hydroxylation sites is 4. The van der Waals surface area contributed by atoms with Crippen molar-refractivity contribution in [3.8, 4) is 11.5 Å². The molecule has 0 radical (unpaired) electrons. The van der Waals surface area contributed by atoms with E-state index in [0.717, 1.165) is 42.4 Å². The van der Waals surface area contributed by atoms with Crippen LogP contribution >= 0.6 is 0 Å². The highest BCUT2D eigenvalue weighted by molar-refractivity contribution is 5.92. The van der Waals surface area contributed by atoms with Crippen LogP contribution in [0, 0.1) is 0 Å². The predicted molar refractivity (Wildman–Crippen MR) is 124 cm³/mol. The molecule has 1 aromatic heterocycles. The van der Waals surface area contributed by atoms with Gasteiger partial charge in [0.25, 0.3) is 5.91 Å². The highest BCUT2D eigenvalue weighted by atomic mass is 16.5. The average Bonchev–Trinajstić information content (AvgIpc) is 3.21. The molecule has 0 unspecified atom stereocenters. The number of nitrogens with zero attached hydrogens (tertiary/aromatic N) is 3. The molecule has 3 aromatic carbocycles. The van der Waals surface area contributed by atoms with Gasteiger partial charge in [0.05, 0.1) is 24.7 Å². The van der Waals surface area contributed by atoms with E-state index in [0.29, 0.717) is 11.5 Å². The lowest BCUT2D eigenvalue weighted by Crippen LogP contribution is -2.33. The van der Waals surface area contributed by atoms with E-state index in [1.165, 1.54) is 5.52 Å². The molecule has 4 aromatic rings. The number of hydrogen-bond donors (Lipinski definition) is 1. The molecule has 1 aliphatic heterocycles. The summed E-state index contributed by atoms with van der Waals surface area (Å²) in [5, 5.41) is 2.92. The lowest BCUT2D eigenvalue weighted by Gasteiger charge is -2.30. The first-order valence-electron chi connectivity index (χ1n) is 10.6. The van der Waals surface area contributed by atoms with Crippen LogP contribution in [-0.2, 0) is 17.9 Å². The van der Waals surface area contributed by atoms with E-state index in [4.69, 9.17) is 14.5 Å². The molecule has 0 saturated carbocycles. The molecule has 7 nitrogen and oxygen atoms in total. The van der Waals surface area contributed by atoms with Crippen molar-refractivity contribution in [2.24, 2.45) is 0 Å². The van der Waals surface area contributed by atoms with Gasteiger partial charge in [0.15, 0.2) is 18.1 Å². The summed E-state index contributed by atoms with van der Waals surface area (Å²) in [5.74, 6) is 1.96. The van der Waals surface area contributed by atoms with Gasteiger partial charge >= 0.3 is 0 Å². The highest BCUT2D eigenvalue weighted by Gasteiger charge is 2.20. The van der Waals surface area contributed by atoms with Gasteiger partial charge in [0, 0.05) is 24.5 Å². The fourth-order valence-electron chi connectivity index (χ4n) is 4.05. The van der Waals surface area contributed by atoms with E-state index < -0.39 is 0 Å². The Hall–Kier alpha value is -4.00. The Balaban J connectivity index is 1.25. The van der Waals surface area contributed by atoms with Crippen LogP contribution in [0.2, 0.25) is 0 Å². The van der Waals surface area contributed by atoms with Gasteiger partial charge < -0.3 is 24.3 Å². The largest absolute Gasteiger partial charge is 0.493 e. The minimum absolute atomic E-state index is 0.0989. The number of rotatable bonds is 6. The van der Waals surface area contributed by atoms with E-state index in [9.17, 15) is 4.79 Å². The maximum atomic E-state index is 12.4. The quantitative estimate of drug-likeness (QED) is 0.501. The molecular weight excluding hydrogens is 404 g/mol. The van der Waals surface area contributed by atoms with Crippen LogP contribution in [-0.4, -0.2) is 35.7 Å². The number of benzene rings is 3. The van der Waals surface area contributed by atoms with Gasteiger partial charge in [-0.05, 0) is 42.5 Å². The zero-order valence-corrected chi connectivity index (χ0v) is 17.8. The molecule has 0 aliphatic carbocycles. The number of methoxy groups -OCH3 is 1. The minimum Gasteiger partial charge on any atom is -0.493 e. The van der Waals surface area contributed by atoms with Gasteiger partial charge in [-0.15, -0.1) is 0 Å². The van der Waals surface area contributed by atoms with Crippen LogP contribution in [0.4, 0.5) is 11.4 Å². The smallest absolute Gasteiger partial charge is 0.262 e. The zero-order chi connectivity index (χ0) is 21.9. The molecular formula is C25H24N4O3. The van der Waals surface area contributed by atoms with Gasteiger partial charge in [0.2, 0.25) is 0 Å². The Morgan fingerprint density at radius 2 is 1.81 bits per heavy atom. The van der Waals surface area contributed by atoms with Gasteiger partial charge in [-0.3, -0.25) is 4.79 Å². The van der Waals surface area contributed by atoms with Crippen molar-refractivity contribution >= 4 is 28.3 Å². The molecule has 32 heavy (non-hydrogen) atoms. The zero-order valence-electron chi connectivity index (χ0n) is 17.8. The number of hydrogen-bond acceptors (Lipinski definition) is 5. The van der Waals surface area contributed by atoms with Crippen LogP contribution in [0.1, 0.15) is 5.82 Å². The number of imidazole rings is 1. The summed E-state index contributed by atoms with van der Waals surface area (Å²) in [5.41, 5.74) is 3.99. The summed E-state index contributed by atoms with van der Waals surface area (Å²) in [6, 6.07) is 23.4. The number of fused-ring (bicyclic) bond motifs is 3. The first-order chi connectivity index (χ1) is 15.7. The molecule has 5 rings (SSSR count). The van der Waals surface area contributed by atoms with Crippen LogP contribution in [0.3, 0.4) is 0 Å². The number of nitrogens with one attached hydrogen (secondary N) is 1. The topological polar surface area (TPSA) is 68.6 Å². The summed E-state index contributed by atoms with van der Waals surface area (Å²) in [7, 11) is 1.57.